The monoisotopic (exact) mass is 851 g/mol. The van der Waals surface area contributed by atoms with Crippen LogP contribution in [0.4, 0.5) is 17.3 Å². The van der Waals surface area contributed by atoms with Crippen LogP contribution >= 0.6 is 23.2 Å². The Bertz CT molecular complexity index is 2980. The molecule has 0 atom stereocenters. The third-order valence-electron chi connectivity index (χ3n) is 8.92. The van der Waals surface area contributed by atoms with Crippen LogP contribution in [0, 0.1) is 6.92 Å². The Kier molecular flexibility index (Phi) is 11.5. The van der Waals surface area contributed by atoms with Gasteiger partial charge in [-0.25, -0.2) is 16.8 Å². The summed E-state index contributed by atoms with van der Waals surface area (Å²) in [6, 6.07) is 39.6. The van der Waals surface area contributed by atoms with Gasteiger partial charge in [0.1, 0.15) is 0 Å². The van der Waals surface area contributed by atoms with Crippen molar-refractivity contribution in [2.75, 3.05) is 14.8 Å². The van der Waals surface area contributed by atoms with Gasteiger partial charge < -0.3 is 5.32 Å². The van der Waals surface area contributed by atoms with E-state index in [1.54, 1.807) is 18.2 Å². The molecule has 6 aromatic carbocycles. The summed E-state index contributed by atoms with van der Waals surface area (Å²) in [5.74, 6) is 0.0705. The van der Waals surface area contributed by atoms with Crippen LogP contribution in [0.15, 0.2) is 138 Å². The standard InChI is InChI=1S/C21H17ClN4O3S.C21H18ClN3O2S/c1-13(27)23-15-7-9-16(10-8-15)30(28,29)26-21-18-11-17(14-5-3-2-4-6-14)19(22)12-20(18)24-25-21;1-14-7-9-15(10-8-14)13-28(26,27)25-21-18-11-17(16-5-3-2-4-6-16)19(22)12-20(18)23-24-21/h2-12H,1H3,(H,23,27)(H2,24,25,26);2-12H,13H2,1H3,(H2,23,24,25). The summed E-state index contributed by atoms with van der Waals surface area (Å²) in [7, 11) is -7.50. The van der Waals surface area contributed by atoms with Crippen molar-refractivity contribution >= 4 is 88.3 Å². The van der Waals surface area contributed by atoms with Gasteiger partial charge in [-0.05, 0) is 72.1 Å². The average molecular weight is 853 g/mol. The molecule has 0 saturated carbocycles. The summed E-state index contributed by atoms with van der Waals surface area (Å²) < 4.78 is 56.0. The molecule has 0 fully saturated rings. The number of nitrogens with one attached hydrogen (secondary N) is 5. The van der Waals surface area contributed by atoms with Crippen molar-refractivity contribution in [2.45, 2.75) is 24.5 Å². The number of fused-ring (bicyclic) bond motifs is 2. The third kappa shape index (κ3) is 9.32. The van der Waals surface area contributed by atoms with Crippen LogP contribution in [0.5, 0.6) is 0 Å². The zero-order chi connectivity index (χ0) is 41.0. The molecule has 294 valence electrons. The molecule has 58 heavy (non-hydrogen) atoms. The van der Waals surface area contributed by atoms with E-state index in [0.717, 1.165) is 27.8 Å². The van der Waals surface area contributed by atoms with Gasteiger partial charge >= 0.3 is 0 Å². The second-order valence-corrected chi connectivity index (χ2v) is 17.5. The fraction of sp³-hybridized carbons (Fsp3) is 0.0714. The number of benzene rings is 6. The molecule has 0 unspecified atom stereocenters. The van der Waals surface area contributed by atoms with E-state index >= 15 is 0 Å². The van der Waals surface area contributed by atoms with Crippen molar-refractivity contribution in [2.24, 2.45) is 0 Å². The van der Waals surface area contributed by atoms with Gasteiger partial charge in [-0.15, -0.1) is 0 Å². The molecule has 0 aliphatic heterocycles. The van der Waals surface area contributed by atoms with Gasteiger partial charge in [0.05, 0.1) is 31.7 Å². The van der Waals surface area contributed by atoms with E-state index in [-0.39, 0.29) is 28.2 Å². The number of aromatic amines is 2. The second kappa shape index (κ2) is 16.7. The molecule has 5 N–H and O–H groups in total. The number of carbonyl (C=O) groups is 1. The Morgan fingerprint density at radius 2 is 1.12 bits per heavy atom. The molecule has 1 amide bonds. The predicted molar refractivity (Wildman–Crippen MR) is 232 cm³/mol. The van der Waals surface area contributed by atoms with E-state index in [9.17, 15) is 21.6 Å². The quantitative estimate of drug-likeness (QED) is 0.0909. The van der Waals surface area contributed by atoms with Crippen LogP contribution in [0.1, 0.15) is 18.1 Å². The van der Waals surface area contributed by atoms with Crippen molar-refractivity contribution in [1.29, 1.82) is 0 Å². The Balaban J connectivity index is 0.000000177. The molecule has 12 nitrogen and oxygen atoms in total. The van der Waals surface area contributed by atoms with Crippen LogP contribution in [-0.4, -0.2) is 43.1 Å². The minimum atomic E-state index is -3.89. The molecular formula is C42H35Cl2N7O5S2. The Labute approximate surface area is 344 Å². The third-order valence-corrected chi connectivity index (χ3v) is 12.1. The average Bonchev–Trinajstić information content (AvgIpc) is 3.77. The molecule has 0 spiro atoms. The number of halogens is 2. The number of amides is 1. The lowest BCUT2D eigenvalue weighted by molar-refractivity contribution is -0.114. The van der Waals surface area contributed by atoms with Crippen LogP contribution < -0.4 is 14.8 Å². The number of anilines is 3. The number of hydrogen-bond donors (Lipinski definition) is 5. The van der Waals surface area contributed by atoms with Crippen molar-refractivity contribution in [3.8, 4) is 22.3 Å². The number of H-pyrrole nitrogens is 2. The minimum absolute atomic E-state index is 0.0463. The van der Waals surface area contributed by atoms with Crippen molar-refractivity contribution in [3.63, 3.8) is 0 Å². The normalized spacial score (nSPS) is 11.5. The highest BCUT2D eigenvalue weighted by molar-refractivity contribution is 7.92. The number of aromatic nitrogens is 4. The summed E-state index contributed by atoms with van der Waals surface area (Å²) in [6.45, 7) is 3.34. The van der Waals surface area contributed by atoms with E-state index in [2.05, 4.69) is 35.2 Å². The van der Waals surface area contributed by atoms with Gasteiger partial charge in [0.15, 0.2) is 11.6 Å². The predicted octanol–water partition coefficient (Wildman–Crippen LogP) is 9.78. The first-order valence-corrected chi connectivity index (χ1v) is 21.6. The fourth-order valence-electron chi connectivity index (χ4n) is 6.10. The first kappa shape index (κ1) is 40.0. The maximum absolute atomic E-state index is 12.8. The number of aryl methyl sites for hydroxylation is 1. The van der Waals surface area contributed by atoms with E-state index in [0.29, 0.717) is 43.1 Å². The molecule has 0 aliphatic carbocycles. The summed E-state index contributed by atoms with van der Waals surface area (Å²) in [4.78, 5) is 11.2. The van der Waals surface area contributed by atoms with E-state index in [1.807, 2.05) is 97.9 Å². The molecule has 0 aliphatic rings. The van der Waals surface area contributed by atoms with Gasteiger partial charge in [-0.2, -0.15) is 10.2 Å². The maximum atomic E-state index is 12.8. The molecule has 16 heteroatoms. The smallest absolute Gasteiger partial charge is 0.263 e. The molecule has 0 bridgehead atoms. The first-order chi connectivity index (χ1) is 27.7. The topological polar surface area (TPSA) is 179 Å². The zero-order valence-electron chi connectivity index (χ0n) is 30.9. The molecule has 8 aromatic rings. The highest BCUT2D eigenvalue weighted by Gasteiger charge is 2.20. The van der Waals surface area contributed by atoms with E-state index < -0.39 is 20.0 Å². The highest BCUT2D eigenvalue weighted by atomic mass is 35.5. The van der Waals surface area contributed by atoms with Gasteiger partial charge in [-0.1, -0.05) is 114 Å². The lowest BCUT2D eigenvalue weighted by Gasteiger charge is -2.09. The summed E-state index contributed by atoms with van der Waals surface area (Å²) in [6.07, 6.45) is 0. The molecular weight excluding hydrogens is 818 g/mol. The zero-order valence-corrected chi connectivity index (χ0v) is 34.1. The number of sulfonamides is 2. The van der Waals surface area contributed by atoms with Gasteiger partial charge in [-0.3, -0.25) is 24.4 Å². The molecule has 8 rings (SSSR count). The molecule has 0 radical (unpaired) electrons. The molecule has 0 saturated heterocycles. The number of rotatable bonds is 10. The van der Waals surface area contributed by atoms with Crippen LogP contribution in [0.25, 0.3) is 44.1 Å². The Morgan fingerprint density at radius 3 is 1.60 bits per heavy atom. The number of nitrogens with zero attached hydrogens (tertiary/aromatic N) is 2. The number of carbonyl (C=O) groups excluding carboxylic acids is 1. The van der Waals surface area contributed by atoms with E-state index in [1.165, 1.54) is 31.2 Å². The van der Waals surface area contributed by atoms with Crippen molar-refractivity contribution in [1.82, 2.24) is 20.4 Å². The summed E-state index contributed by atoms with van der Waals surface area (Å²) in [5.41, 5.74) is 7.02. The Morgan fingerprint density at radius 1 is 0.638 bits per heavy atom. The second-order valence-electron chi connectivity index (χ2n) is 13.3. The van der Waals surface area contributed by atoms with Crippen molar-refractivity contribution < 1.29 is 21.6 Å². The van der Waals surface area contributed by atoms with Crippen LogP contribution in [0.3, 0.4) is 0 Å². The first-order valence-electron chi connectivity index (χ1n) is 17.7. The lowest BCUT2D eigenvalue weighted by atomic mass is 10.0. The van der Waals surface area contributed by atoms with Crippen LogP contribution in [-0.2, 0) is 30.6 Å². The largest absolute Gasteiger partial charge is 0.326 e. The van der Waals surface area contributed by atoms with Gasteiger partial charge in [0, 0.05) is 34.5 Å². The SMILES string of the molecule is CC(=O)Nc1ccc(S(=O)(=O)Nc2n[nH]c3cc(Cl)c(-c4ccccc4)cc23)cc1.Cc1ccc(CS(=O)(=O)Nc2n[nH]c3cc(Cl)c(-c4ccccc4)cc23)cc1. The summed E-state index contributed by atoms with van der Waals surface area (Å²) >= 11 is 12.8. The molecule has 2 aromatic heterocycles. The van der Waals surface area contributed by atoms with Gasteiger partial charge in [0.25, 0.3) is 10.0 Å². The minimum Gasteiger partial charge on any atom is -0.326 e. The molecule has 2 heterocycles. The van der Waals surface area contributed by atoms with Crippen LogP contribution in [0.2, 0.25) is 10.0 Å². The van der Waals surface area contributed by atoms with E-state index in [4.69, 9.17) is 23.2 Å². The van der Waals surface area contributed by atoms with Crippen molar-refractivity contribution in [3.05, 3.63) is 155 Å². The summed E-state index contributed by atoms with van der Waals surface area (Å²) in [5, 5.41) is 18.8. The Hall–Kier alpha value is -6.19. The maximum Gasteiger partial charge on any atom is 0.263 e. The number of hydrogen-bond acceptors (Lipinski definition) is 7. The highest BCUT2D eigenvalue weighted by Crippen LogP contribution is 2.36. The van der Waals surface area contributed by atoms with Gasteiger partial charge in [0.2, 0.25) is 15.9 Å². The fourth-order valence-corrected chi connectivity index (χ4v) is 8.83. The lowest BCUT2D eigenvalue weighted by Crippen LogP contribution is -2.15.